The number of carbonyl (C=O) groups is 1. The number of aromatic amines is 1. The first-order valence-electron chi connectivity index (χ1n) is 7.09. The Kier molecular flexibility index (Phi) is 4.82. The highest BCUT2D eigenvalue weighted by Gasteiger charge is 2.18. The van der Waals surface area contributed by atoms with Crippen molar-refractivity contribution in [1.82, 2.24) is 15.3 Å². The molecule has 1 atom stereocenters. The van der Waals surface area contributed by atoms with Crippen LogP contribution in [-0.2, 0) is 4.74 Å². The molecule has 2 aromatic rings. The van der Waals surface area contributed by atoms with Crippen LogP contribution in [0.2, 0.25) is 0 Å². The molecule has 22 heavy (non-hydrogen) atoms. The first-order chi connectivity index (χ1) is 10.4. The average Bonchev–Trinajstić information content (AvgIpc) is 2.97. The summed E-state index contributed by atoms with van der Waals surface area (Å²) in [6.07, 6.45) is 1.88. The van der Waals surface area contributed by atoms with E-state index in [0.29, 0.717) is 5.56 Å². The Bertz CT molecular complexity index is 618. The van der Waals surface area contributed by atoms with Gasteiger partial charge in [-0.05, 0) is 26.3 Å². The van der Waals surface area contributed by atoms with Crippen LogP contribution < -0.4 is 5.32 Å². The summed E-state index contributed by atoms with van der Waals surface area (Å²) in [7, 11) is 0. The zero-order chi connectivity index (χ0) is 16.2. The molecule has 1 heterocycles. The van der Waals surface area contributed by atoms with Crippen molar-refractivity contribution in [2.24, 2.45) is 0 Å². The lowest BCUT2D eigenvalue weighted by Gasteiger charge is -2.21. The smallest absolute Gasteiger partial charge is 0.407 e. The topological polar surface area (TPSA) is 87.2 Å². The summed E-state index contributed by atoms with van der Waals surface area (Å²) < 4.78 is 5.15. The molecule has 1 aromatic heterocycles. The molecule has 0 fully saturated rings. The number of amides is 1. The Balaban J connectivity index is 2.05. The first kappa shape index (κ1) is 16.0. The van der Waals surface area contributed by atoms with E-state index in [0.717, 1.165) is 11.3 Å². The third kappa shape index (κ3) is 4.33. The van der Waals surface area contributed by atoms with Crippen LogP contribution in [0.4, 0.5) is 4.79 Å². The minimum atomic E-state index is -0.841. The standard InChI is InChI=1S/C16H21N3O3/c1-16(2,3)22-15(21)18-9-14(20)12-7-5-4-6-11(12)13-8-17-10-19-13/h4-8,10,14,20H,9H2,1-3H3,(H,17,19)(H,18,21). The molecule has 0 spiro atoms. The molecule has 0 saturated carbocycles. The van der Waals surface area contributed by atoms with Gasteiger partial charge in [0.05, 0.1) is 30.9 Å². The predicted molar refractivity (Wildman–Crippen MR) is 83.2 cm³/mol. The number of hydrogen-bond donors (Lipinski definition) is 3. The molecule has 0 aliphatic rings. The van der Waals surface area contributed by atoms with Crippen molar-refractivity contribution in [2.75, 3.05) is 6.54 Å². The van der Waals surface area contributed by atoms with E-state index in [9.17, 15) is 9.90 Å². The van der Waals surface area contributed by atoms with E-state index in [4.69, 9.17) is 4.74 Å². The molecule has 6 nitrogen and oxygen atoms in total. The van der Waals surface area contributed by atoms with Crippen LogP contribution in [0, 0.1) is 0 Å². The maximum absolute atomic E-state index is 11.6. The van der Waals surface area contributed by atoms with E-state index < -0.39 is 17.8 Å². The van der Waals surface area contributed by atoms with Crippen LogP contribution in [-0.4, -0.2) is 33.3 Å². The third-order valence-electron chi connectivity index (χ3n) is 2.95. The molecular weight excluding hydrogens is 282 g/mol. The van der Waals surface area contributed by atoms with Crippen molar-refractivity contribution < 1.29 is 14.6 Å². The zero-order valence-electron chi connectivity index (χ0n) is 13.0. The summed E-state index contributed by atoms with van der Waals surface area (Å²) in [4.78, 5) is 18.6. The Hall–Kier alpha value is -2.34. The van der Waals surface area contributed by atoms with Gasteiger partial charge in [0.15, 0.2) is 0 Å². The number of alkyl carbamates (subject to hydrolysis) is 1. The normalized spacial score (nSPS) is 12.7. The summed E-state index contributed by atoms with van der Waals surface area (Å²) >= 11 is 0. The van der Waals surface area contributed by atoms with E-state index in [1.54, 1.807) is 33.3 Å². The fourth-order valence-electron chi connectivity index (χ4n) is 2.04. The van der Waals surface area contributed by atoms with E-state index in [2.05, 4.69) is 15.3 Å². The number of hydrogen-bond acceptors (Lipinski definition) is 4. The molecule has 118 valence electrons. The largest absolute Gasteiger partial charge is 0.444 e. The molecule has 1 amide bonds. The van der Waals surface area contributed by atoms with Crippen molar-refractivity contribution in [3.05, 3.63) is 42.4 Å². The van der Waals surface area contributed by atoms with Crippen LogP contribution in [0.5, 0.6) is 0 Å². The summed E-state index contributed by atoms with van der Waals surface area (Å²) in [5.41, 5.74) is 1.80. The number of aliphatic hydroxyl groups is 1. The van der Waals surface area contributed by atoms with Crippen LogP contribution in [0.3, 0.4) is 0 Å². The van der Waals surface area contributed by atoms with Gasteiger partial charge in [-0.2, -0.15) is 0 Å². The molecular formula is C16H21N3O3. The van der Waals surface area contributed by atoms with Gasteiger partial charge in [-0.1, -0.05) is 24.3 Å². The summed E-state index contributed by atoms with van der Waals surface area (Å²) in [5, 5.41) is 12.9. The molecule has 0 radical (unpaired) electrons. The minimum absolute atomic E-state index is 0.0695. The zero-order valence-corrected chi connectivity index (χ0v) is 13.0. The number of nitrogens with one attached hydrogen (secondary N) is 2. The Morgan fingerprint density at radius 1 is 1.41 bits per heavy atom. The monoisotopic (exact) mass is 303 g/mol. The number of rotatable bonds is 4. The predicted octanol–water partition coefficient (Wildman–Crippen LogP) is 2.63. The molecule has 3 N–H and O–H groups in total. The fraction of sp³-hybridized carbons (Fsp3) is 0.375. The van der Waals surface area contributed by atoms with Crippen LogP contribution >= 0.6 is 0 Å². The minimum Gasteiger partial charge on any atom is -0.444 e. The van der Waals surface area contributed by atoms with Crippen molar-refractivity contribution in [3.8, 4) is 11.3 Å². The quantitative estimate of drug-likeness (QED) is 0.810. The van der Waals surface area contributed by atoms with Gasteiger partial charge in [-0.3, -0.25) is 0 Å². The average molecular weight is 303 g/mol. The molecule has 2 rings (SSSR count). The number of carbonyl (C=O) groups excluding carboxylic acids is 1. The summed E-state index contributed by atoms with van der Waals surface area (Å²) in [5.74, 6) is 0. The van der Waals surface area contributed by atoms with Gasteiger partial charge >= 0.3 is 6.09 Å². The van der Waals surface area contributed by atoms with Gasteiger partial charge in [0.2, 0.25) is 0 Å². The van der Waals surface area contributed by atoms with E-state index in [-0.39, 0.29) is 6.54 Å². The van der Waals surface area contributed by atoms with E-state index >= 15 is 0 Å². The van der Waals surface area contributed by atoms with E-state index in [1.165, 1.54) is 0 Å². The number of H-pyrrole nitrogens is 1. The van der Waals surface area contributed by atoms with Crippen LogP contribution in [0.25, 0.3) is 11.3 Å². The van der Waals surface area contributed by atoms with Crippen LogP contribution in [0.1, 0.15) is 32.4 Å². The molecule has 0 saturated heterocycles. The molecule has 0 bridgehead atoms. The van der Waals surface area contributed by atoms with Crippen molar-refractivity contribution in [2.45, 2.75) is 32.5 Å². The second kappa shape index (κ2) is 6.62. The Labute approximate surface area is 129 Å². The van der Waals surface area contributed by atoms with Gasteiger partial charge < -0.3 is 20.1 Å². The highest BCUT2D eigenvalue weighted by Crippen LogP contribution is 2.26. The van der Waals surface area contributed by atoms with Crippen LogP contribution in [0.15, 0.2) is 36.8 Å². The highest BCUT2D eigenvalue weighted by atomic mass is 16.6. The highest BCUT2D eigenvalue weighted by molar-refractivity contribution is 5.68. The van der Waals surface area contributed by atoms with Gasteiger partial charge in [-0.25, -0.2) is 9.78 Å². The Morgan fingerprint density at radius 2 is 2.14 bits per heavy atom. The van der Waals surface area contributed by atoms with Crippen molar-refractivity contribution in [1.29, 1.82) is 0 Å². The second-order valence-corrected chi connectivity index (χ2v) is 5.95. The van der Waals surface area contributed by atoms with Gasteiger partial charge in [0.25, 0.3) is 0 Å². The lowest BCUT2D eigenvalue weighted by Crippen LogP contribution is -2.34. The summed E-state index contributed by atoms with van der Waals surface area (Å²) in [6, 6.07) is 7.43. The van der Waals surface area contributed by atoms with Gasteiger partial charge in [-0.15, -0.1) is 0 Å². The molecule has 1 unspecified atom stereocenters. The maximum Gasteiger partial charge on any atom is 0.407 e. The van der Waals surface area contributed by atoms with Crippen molar-refractivity contribution >= 4 is 6.09 Å². The maximum atomic E-state index is 11.6. The number of aromatic nitrogens is 2. The lowest BCUT2D eigenvalue weighted by molar-refractivity contribution is 0.0492. The number of aliphatic hydroxyl groups excluding tert-OH is 1. The molecule has 0 aliphatic heterocycles. The lowest BCUT2D eigenvalue weighted by atomic mass is 10.0. The number of nitrogens with zero attached hydrogens (tertiary/aromatic N) is 1. The van der Waals surface area contributed by atoms with Gasteiger partial charge in [0.1, 0.15) is 5.60 Å². The Morgan fingerprint density at radius 3 is 2.77 bits per heavy atom. The fourth-order valence-corrected chi connectivity index (χ4v) is 2.04. The SMILES string of the molecule is CC(C)(C)OC(=O)NCC(O)c1ccccc1-c1cnc[nH]1. The second-order valence-electron chi connectivity index (χ2n) is 5.95. The molecule has 6 heteroatoms. The summed E-state index contributed by atoms with van der Waals surface area (Å²) in [6.45, 7) is 5.43. The van der Waals surface area contributed by atoms with Crippen molar-refractivity contribution in [3.63, 3.8) is 0 Å². The number of benzene rings is 1. The first-order valence-corrected chi connectivity index (χ1v) is 7.09. The number of imidazole rings is 1. The molecule has 0 aliphatic carbocycles. The van der Waals surface area contributed by atoms with E-state index in [1.807, 2.05) is 24.3 Å². The third-order valence-corrected chi connectivity index (χ3v) is 2.95. The number of ether oxygens (including phenoxy) is 1. The van der Waals surface area contributed by atoms with Gasteiger partial charge in [0, 0.05) is 5.56 Å². The molecule has 1 aromatic carbocycles.